The average Bonchev–Trinajstić information content (AvgIpc) is 2.70. The third-order valence-corrected chi connectivity index (χ3v) is 5.25. The number of rotatable bonds is 8. The quantitative estimate of drug-likeness (QED) is 0.513. The molecule has 0 saturated carbocycles. The van der Waals surface area contributed by atoms with E-state index in [9.17, 15) is 9.59 Å². The monoisotopic (exact) mass is 413 g/mol. The van der Waals surface area contributed by atoms with Gasteiger partial charge < -0.3 is 19.5 Å². The molecule has 0 saturated heterocycles. The average molecular weight is 414 g/mol. The molecule has 2 aliphatic rings. The van der Waals surface area contributed by atoms with E-state index in [2.05, 4.69) is 5.32 Å². The molecule has 1 aromatic rings. The van der Waals surface area contributed by atoms with Gasteiger partial charge in [0.05, 0.1) is 24.2 Å². The van der Waals surface area contributed by atoms with Gasteiger partial charge in [-0.25, -0.2) is 4.79 Å². The zero-order valence-corrected chi connectivity index (χ0v) is 18.2. The lowest BCUT2D eigenvalue weighted by molar-refractivity contribution is -0.140. The summed E-state index contributed by atoms with van der Waals surface area (Å²) < 4.78 is 16.8. The fraction of sp³-hybridized carbons (Fsp3) is 0.500. The Balaban J connectivity index is 2.05. The van der Waals surface area contributed by atoms with Crippen molar-refractivity contribution >= 4 is 11.8 Å². The van der Waals surface area contributed by atoms with E-state index in [1.165, 1.54) is 0 Å². The number of para-hydroxylation sites is 1. The minimum atomic E-state index is -0.511. The largest absolute Gasteiger partial charge is 0.491 e. The van der Waals surface area contributed by atoms with Gasteiger partial charge in [0.25, 0.3) is 0 Å². The summed E-state index contributed by atoms with van der Waals surface area (Å²) in [5.74, 6) is -0.199. The van der Waals surface area contributed by atoms with Crippen LogP contribution in [0.1, 0.15) is 58.4 Å². The van der Waals surface area contributed by atoms with E-state index in [0.29, 0.717) is 42.2 Å². The van der Waals surface area contributed by atoms with Gasteiger partial charge in [-0.2, -0.15) is 0 Å². The van der Waals surface area contributed by atoms with Crippen LogP contribution in [0.3, 0.4) is 0 Å². The number of carbonyl (C=O) groups excluding carboxylic acids is 2. The Hall–Kier alpha value is -2.60. The standard InChI is InChI=1S/C24H31NO5/c1-5-28-13-14-29-24(27)21-16(4)25-18-10-8-11-19(26)23(18)22(21)17-9-6-7-12-20(17)30-15(2)3/h6-7,9,12,15,22,25H,5,8,10-11,13-14H2,1-4H3. The van der Waals surface area contributed by atoms with E-state index >= 15 is 0 Å². The summed E-state index contributed by atoms with van der Waals surface area (Å²) in [6.07, 6.45) is 2.04. The van der Waals surface area contributed by atoms with Crippen molar-refractivity contribution in [3.63, 3.8) is 0 Å². The zero-order chi connectivity index (χ0) is 21.7. The van der Waals surface area contributed by atoms with Crippen LogP contribution in [-0.4, -0.2) is 37.7 Å². The molecule has 0 radical (unpaired) electrons. The van der Waals surface area contributed by atoms with Crippen LogP contribution in [0.5, 0.6) is 5.75 Å². The van der Waals surface area contributed by atoms with Crippen molar-refractivity contribution in [1.82, 2.24) is 5.32 Å². The highest BCUT2D eigenvalue weighted by Gasteiger charge is 2.40. The molecule has 1 unspecified atom stereocenters. The number of ether oxygens (including phenoxy) is 3. The van der Waals surface area contributed by atoms with Crippen LogP contribution in [0, 0.1) is 0 Å². The fourth-order valence-corrected chi connectivity index (χ4v) is 4.06. The molecule has 0 aromatic heterocycles. The highest BCUT2D eigenvalue weighted by Crippen LogP contribution is 2.45. The smallest absolute Gasteiger partial charge is 0.336 e. The molecule has 6 heteroatoms. The highest BCUT2D eigenvalue weighted by molar-refractivity contribution is 6.04. The number of ketones is 1. The van der Waals surface area contributed by atoms with Gasteiger partial charge in [-0.05, 0) is 46.6 Å². The number of esters is 1. The molecule has 0 spiro atoms. The Kier molecular flexibility index (Phi) is 7.32. The number of hydrogen-bond acceptors (Lipinski definition) is 6. The normalized spacial score (nSPS) is 19.0. The second kappa shape index (κ2) is 9.94. The van der Waals surface area contributed by atoms with E-state index in [1.807, 2.05) is 52.0 Å². The number of carbonyl (C=O) groups is 2. The minimum Gasteiger partial charge on any atom is -0.491 e. The molecule has 1 aliphatic heterocycles. The second-order valence-corrected chi connectivity index (χ2v) is 7.80. The molecule has 0 bridgehead atoms. The lowest BCUT2D eigenvalue weighted by Gasteiger charge is -2.35. The van der Waals surface area contributed by atoms with Gasteiger partial charge in [0, 0.05) is 35.6 Å². The molecule has 1 atom stereocenters. The summed E-state index contributed by atoms with van der Waals surface area (Å²) in [5, 5.41) is 3.31. The summed E-state index contributed by atoms with van der Waals surface area (Å²) in [7, 11) is 0. The molecule has 1 aliphatic carbocycles. The molecular weight excluding hydrogens is 382 g/mol. The Labute approximate surface area is 178 Å². The lowest BCUT2D eigenvalue weighted by Crippen LogP contribution is -2.35. The summed E-state index contributed by atoms with van der Waals surface area (Å²) >= 11 is 0. The van der Waals surface area contributed by atoms with Crippen molar-refractivity contribution in [3.8, 4) is 5.75 Å². The maximum absolute atomic E-state index is 13.1. The molecule has 162 valence electrons. The van der Waals surface area contributed by atoms with Crippen molar-refractivity contribution < 1.29 is 23.8 Å². The van der Waals surface area contributed by atoms with Crippen LogP contribution >= 0.6 is 0 Å². The van der Waals surface area contributed by atoms with Crippen molar-refractivity contribution in [2.75, 3.05) is 19.8 Å². The first-order chi connectivity index (χ1) is 14.4. The van der Waals surface area contributed by atoms with E-state index < -0.39 is 11.9 Å². The molecule has 1 aromatic carbocycles. The van der Waals surface area contributed by atoms with Crippen molar-refractivity contribution in [2.24, 2.45) is 0 Å². The zero-order valence-electron chi connectivity index (χ0n) is 18.2. The van der Waals surface area contributed by atoms with Gasteiger partial charge in [0.1, 0.15) is 12.4 Å². The number of Topliss-reactive ketones (excluding diaryl/α,β-unsaturated/α-hetero) is 1. The van der Waals surface area contributed by atoms with Crippen LogP contribution in [-0.2, 0) is 19.1 Å². The minimum absolute atomic E-state index is 0.0324. The first-order valence-corrected chi connectivity index (χ1v) is 10.7. The SMILES string of the molecule is CCOCCOC(=O)C1=C(C)NC2=C(C(=O)CCC2)C1c1ccccc1OC(C)C. The third kappa shape index (κ3) is 4.75. The Bertz CT molecular complexity index is 868. The van der Waals surface area contributed by atoms with E-state index in [0.717, 1.165) is 24.1 Å². The molecule has 3 rings (SSSR count). The van der Waals surface area contributed by atoms with Gasteiger partial charge in [-0.15, -0.1) is 0 Å². The third-order valence-electron chi connectivity index (χ3n) is 5.25. The fourth-order valence-electron chi connectivity index (χ4n) is 4.06. The first-order valence-electron chi connectivity index (χ1n) is 10.7. The van der Waals surface area contributed by atoms with Crippen molar-refractivity contribution in [2.45, 2.75) is 59.0 Å². The summed E-state index contributed by atoms with van der Waals surface area (Å²) in [4.78, 5) is 26.1. The molecule has 0 amide bonds. The molecule has 1 N–H and O–H groups in total. The maximum atomic E-state index is 13.1. The predicted octanol–water partition coefficient (Wildman–Crippen LogP) is 4.02. The van der Waals surface area contributed by atoms with Crippen molar-refractivity contribution in [3.05, 3.63) is 52.4 Å². The van der Waals surface area contributed by atoms with Crippen LogP contribution in [0.4, 0.5) is 0 Å². The van der Waals surface area contributed by atoms with Gasteiger partial charge in [0.15, 0.2) is 5.78 Å². The van der Waals surface area contributed by atoms with E-state index in [-0.39, 0.29) is 18.5 Å². The predicted molar refractivity (Wildman–Crippen MR) is 114 cm³/mol. The molecule has 1 heterocycles. The maximum Gasteiger partial charge on any atom is 0.336 e. The van der Waals surface area contributed by atoms with Crippen LogP contribution in [0.25, 0.3) is 0 Å². The second-order valence-electron chi connectivity index (χ2n) is 7.80. The first kappa shape index (κ1) is 22.1. The van der Waals surface area contributed by atoms with Crippen LogP contribution in [0.15, 0.2) is 46.8 Å². The van der Waals surface area contributed by atoms with Gasteiger partial charge in [-0.1, -0.05) is 18.2 Å². The number of benzene rings is 1. The Morgan fingerprint density at radius 3 is 2.70 bits per heavy atom. The van der Waals surface area contributed by atoms with E-state index in [4.69, 9.17) is 14.2 Å². The molecular formula is C24H31NO5. The van der Waals surface area contributed by atoms with Crippen LogP contribution < -0.4 is 10.1 Å². The van der Waals surface area contributed by atoms with Crippen LogP contribution in [0.2, 0.25) is 0 Å². The van der Waals surface area contributed by atoms with Gasteiger partial charge in [0.2, 0.25) is 0 Å². The summed E-state index contributed by atoms with van der Waals surface area (Å²) in [5.41, 5.74) is 3.54. The number of nitrogens with one attached hydrogen (secondary N) is 1. The summed E-state index contributed by atoms with van der Waals surface area (Å²) in [6.45, 7) is 8.74. The van der Waals surface area contributed by atoms with Crippen molar-refractivity contribution in [1.29, 1.82) is 0 Å². The number of dihydropyridines is 1. The molecule has 0 fully saturated rings. The topological polar surface area (TPSA) is 73.9 Å². The lowest BCUT2D eigenvalue weighted by atomic mass is 9.75. The Morgan fingerprint density at radius 1 is 1.20 bits per heavy atom. The van der Waals surface area contributed by atoms with Gasteiger partial charge >= 0.3 is 5.97 Å². The molecule has 30 heavy (non-hydrogen) atoms. The highest BCUT2D eigenvalue weighted by atomic mass is 16.6. The Morgan fingerprint density at radius 2 is 1.97 bits per heavy atom. The van der Waals surface area contributed by atoms with Gasteiger partial charge in [-0.3, -0.25) is 4.79 Å². The number of hydrogen-bond donors (Lipinski definition) is 1. The molecule has 6 nitrogen and oxygen atoms in total. The number of allylic oxidation sites excluding steroid dienone is 3. The summed E-state index contributed by atoms with van der Waals surface area (Å²) in [6, 6.07) is 7.63. The van der Waals surface area contributed by atoms with E-state index in [1.54, 1.807) is 0 Å².